The summed E-state index contributed by atoms with van der Waals surface area (Å²) >= 11 is 0. The van der Waals surface area contributed by atoms with Crippen molar-refractivity contribution in [2.24, 2.45) is 11.8 Å². The molecular weight excluding hydrogens is 176 g/mol. The second-order valence-corrected chi connectivity index (χ2v) is 4.73. The summed E-state index contributed by atoms with van der Waals surface area (Å²) in [5, 5.41) is 3.42. The van der Waals surface area contributed by atoms with Crippen molar-refractivity contribution in [1.29, 1.82) is 0 Å². The van der Waals surface area contributed by atoms with E-state index in [0.717, 1.165) is 32.5 Å². The van der Waals surface area contributed by atoms with Crippen LogP contribution in [0.3, 0.4) is 0 Å². The van der Waals surface area contributed by atoms with Gasteiger partial charge in [0.05, 0.1) is 0 Å². The SMILES string of the molecule is CC(C)CNCC1CCN(C)C(=O)C1. The zero-order valence-electron chi connectivity index (χ0n) is 9.55. The Balaban J connectivity index is 2.17. The summed E-state index contributed by atoms with van der Waals surface area (Å²) in [6.45, 7) is 7.38. The van der Waals surface area contributed by atoms with Gasteiger partial charge in [-0.2, -0.15) is 0 Å². The van der Waals surface area contributed by atoms with E-state index in [0.29, 0.717) is 17.7 Å². The van der Waals surface area contributed by atoms with Gasteiger partial charge in [0.1, 0.15) is 0 Å². The minimum absolute atomic E-state index is 0.299. The van der Waals surface area contributed by atoms with Gasteiger partial charge in [-0.3, -0.25) is 4.79 Å². The number of piperidine rings is 1. The molecule has 1 unspecified atom stereocenters. The maximum Gasteiger partial charge on any atom is 0.222 e. The van der Waals surface area contributed by atoms with Gasteiger partial charge in [-0.1, -0.05) is 13.8 Å². The highest BCUT2D eigenvalue weighted by Gasteiger charge is 2.22. The number of carbonyl (C=O) groups excluding carboxylic acids is 1. The summed E-state index contributed by atoms with van der Waals surface area (Å²) < 4.78 is 0. The third-order valence-corrected chi connectivity index (χ3v) is 2.75. The van der Waals surface area contributed by atoms with E-state index in [-0.39, 0.29) is 0 Å². The maximum absolute atomic E-state index is 11.4. The minimum atomic E-state index is 0.299. The van der Waals surface area contributed by atoms with Gasteiger partial charge in [0, 0.05) is 20.0 Å². The summed E-state index contributed by atoms with van der Waals surface area (Å²) in [6, 6.07) is 0. The van der Waals surface area contributed by atoms with Gasteiger partial charge in [0.25, 0.3) is 0 Å². The molecule has 1 fully saturated rings. The van der Waals surface area contributed by atoms with Crippen LogP contribution in [0.4, 0.5) is 0 Å². The van der Waals surface area contributed by atoms with Crippen molar-refractivity contribution in [2.75, 3.05) is 26.7 Å². The van der Waals surface area contributed by atoms with Crippen LogP contribution in [0.2, 0.25) is 0 Å². The molecule has 1 aliphatic heterocycles. The average molecular weight is 198 g/mol. The molecule has 1 N–H and O–H groups in total. The standard InChI is InChI=1S/C11H22N2O/c1-9(2)7-12-8-10-4-5-13(3)11(14)6-10/h9-10,12H,4-8H2,1-3H3. The van der Waals surface area contributed by atoms with Crippen LogP contribution in [0.5, 0.6) is 0 Å². The highest BCUT2D eigenvalue weighted by molar-refractivity contribution is 5.76. The van der Waals surface area contributed by atoms with E-state index in [1.807, 2.05) is 11.9 Å². The van der Waals surface area contributed by atoms with Crippen molar-refractivity contribution >= 4 is 5.91 Å². The van der Waals surface area contributed by atoms with Gasteiger partial charge in [-0.05, 0) is 31.3 Å². The minimum Gasteiger partial charge on any atom is -0.346 e. The Morgan fingerprint density at radius 3 is 2.86 bits per heavy atom. The van der Waals surface area contributed by atoms with E-state index in [1.165, 1.54) is 0 Å². The zero-order valence-corrected chi connectivity index (χ0v) is 9.55. The first-order chi connectivity index (χ1) is 6.59. The number of nitrogens with zero attached hydrogens (tertiary/aromatic N) is 1. The first-order valence-corrected chi connectivity index (χ1v) is 5.54. The average Bonchev–Trinajstić information content (AvgIpc) is 2.10. The van der Waals surface area contributed by atoms with E-state index >= 15 is 0 Å². The highest BCUT2D eigenvalue weighted by Crippen LogP contribution is 2.15. The molecule has 0 bridgehead atoms. The fourth-order valence-electron chi connectivity index (χ4n) is 1.76. The quantitative estimate of drug-likeness (QED) is 0.733. The zero-order chi connectivity index (χ0) is 10.6. The fourth-order valence-corrected chi connectivity index (χ4v) is 1.76. The van der Waals surface area contributed by atoms with E-state index in [9.17, 15) is 4.79 Å². The maximum atomic E-state index is 11.4. The molecular formula is C11H22N2O. The lowest BCUT2D eigenvalue weighted by atomic mass is 9.96. The number of nitrogens with one attached hydrogen (secondary N) is 1. The second-order valence-electron chi connectivity index (χ2n) is 4.73. The van der Waals surface area contributed by atoms with Gasteiger partial charge < -0.3 is 10.2 Å². The van der Waals surface area contributed by atoms with E-state index in [4.69, 9.17) is 0 Å². The van der Waals surface area contributed by atoms with Crippen LogP contribution in [0.25, 0.3) is 0 Å². The molecule has 0 spiro atoms. The second kappa shape index (κ2) is 5.35. The third-order valence-electron chi connectivity index (χ3n) is 2.75. The molecule has 0 aromatic carbocycles. The molecule has 0 aromatic heterocycles. The molecule has 14 heavy (non-hydrogen) atoms. The molecule has 1 saturated heterocycles. The summed E-state index contributed by atoms with van der Waals surface area (Å²) in [7, 11) is 1.89. The Bertz CT molecular complexity index is 192. The van der Waals surface area contributed by atoms with Crippen molar-refractivity contribution in [3.63, 3.8) is 0 Å². The van der Waals surface area contributed by atoms with Crippen LogP contribution >= 0.6 is 0 Å². The van der Waals surface area contributed by atoms with Crippen molar-refractivity contribution in [3.8, 4) is 0 Å². The smallest absolute Gasteiger partial charge is 0.222 e. The predicted molar refractivity (Wildman–Crippen MR) is 58.1 cm³/mol. The Kier molecular flexibility index (Phi) is 4.39. The molecule has 3 nitrogen and oxygen atoms in total. The molecule has 1 amide bonds. The van der Waals surface area contributed by atoms with Crippen molar-refractivity contribution in [3.05, 3.63) is 0 Å². The summed E-state index contributed by atoms with van der Waals surface area (Å²) in [6.07, 6.45) is 1.87. The number of likely N-dealkylation sites (tertiary alicyclic amines) is 1. The van der Waals surface area contributed by atoms with Gasteiger partial charge in [-0.25, -0.2) is 0 Å². The van der Waals surface area contributed by atoms with Crippen LogP contribution in [0, 0.1) is 11.8 Å². The normalized spacial score (nSPS) is 23.3. The third kappa shape index (κ3) is 3.66. The van der Waals surface area contributed by atoms with Crippen LogP contribution in [0.1, 0.15) is 26.7 Å². The Morgan fingerprint density at radius 1 is 1.57 bits per heavy atom. The van der Waals surface area contributed by atoms with E-state index < -0.39 is 0 Å². The Hall–Kier alpha value is -0.570. The number of hydrogen-bond donors (Lipinski definition) is 1. The lowest BCUT2D eigenvalue weighted by Gasteiger charge is -2.29. The number of amides is 1. The van der Waals surface area contributed by atoms with Crippen molar-refractivity contribution in [1.82, 2.24) is 10.2 Å². The molecule has 0 aromatic rings. The molecule has 0 aliphatic carbocycles. The molecule has 1 atom stereocenters. The summed E-state index contributed by atoms with van der Waals surface area (Å²) in [4.78, 5) is 13.2. The lowest BCUT2D eigenvalue weighted by molar-refractivity contribution is -0.133. The van der Waals surface area contributed by atoms with Crippen LogP contribution < -0.4 is 5.32 Å². The van der Waals surface area contributed by atoms with Gasteiger partial charge >= 0.3 is 0 Å². The topological polar surface area (TPSA) is 32.3 Å². The molecule has 0 saturated carbocycles. The fraction of sp³-hybridized carbons (Fsp3) is 0.909. The predicted octanol–water partition coefficient (Wildman–Crippen LogP) is 1.10. The van der Waals surface area contributed by atoms with Gasteiger partial charge in [0.2, 0.25) is 5.91 Å². The first-order valence-electron chi connectivity index (χ1n) is 5.54. The van der Waals surface area contributed by atoms with E-state index in [1.54, 1.807) is 0 Å². The largest absolute Gasteiger partial charge is 0.346 e. The molecule has 1 rings (SSSR count). The summed E-state index contributed by atoms with van der Waals surface area (Å²) in [5.74, 6) is 1.54. The molecule has 1 aliphatic rings. The van der Waals surface area contributed by atoms with Gasteiger partial charge in [0.15, 0.2) is 0 Å². The molecule has 3 heteroatoms. The van der Waals surface area contributed by atoms with Gasteiger partial charge in [-0.15, -0.1) is 0 Å². The summed E-state index contributed by atoms with van der Waals surface area (Å²) in [5.41, 5.74) is 0. The Labute approximate surface area is 86.9 Å². The lowest BCUT2D eigenvalue weighted by Crippen LogP contribution is -2.39. The molecule has 82 valence electrons. The number of carbonyl (C=O) groups is 1. The van der Waals surface area contributed by atoms with Crippen molar-refractivity contribution < 1.29 is 4.79 Å². The van der Waals surface area contributed by atoms with Crippen LogP contribution in [-0.4, -0.2) is 37.5 Å². The first kappa shape index (κ1) is 11.5. The molecule has 0 radical (unpaired) electrons. The number of rotatable bonds is 4. The highest BCUT2D eigenvalue weighted by atomic mass is 16.2. The van der Waals surface area contributed by atoms with Crippen LogP contribution in [-0.2, 0) is 4.79 Å². The van der Waals surface area contributed by atoms with Crippen molar-refractivity contribution in [2.45, 2.75) is 26.7 Å². The monoisotopic (exact) mass is 198 g/mol. The van der Waals surface area contributed by atoms with Crippen LogP contribution in [0.15, 0.2) is 0 Å². The Morgan fingerprint density at radius 2 is 2.29 bits per heavy atom. The molecule has 1 heterocycles. The van der Waals surface area contributed by atoms with E-state index in [2.05, 4.69) is 19.2 Å². The number of hydrogen-bond acceptors (Lipinski definition) is 2.